The minimum absolute atomic E-state index is 0. The Hall–Kier alpha value is 0.0900. The van der Waals surface area contributed by atoms with Crippen LogP contribution in [0.25, 0.3) is 4.83 Å². The number of hydrogen-bond acceptors (Lipinski definition) is 4. The van der Waals surface area contributed by atoms with Crippen LogP contribution in [0.2, 0.25) is 0 Å². The third-order valence-corrected chi connectivity index (χ3v) is 3.65. The van der Waals surface area contributed by atoms with Gasteiger partial charge in [0, 0.05) is 5.54 Å². The normalized spacial score (nSPS) is 16.8. The van der Waals surface area contributed by atoms with Crippen molar-refractivity contribution in [2.75, 3.05) is 11.1 Å². The van der Waals surface area contributed by atoms with Gasteiger partial charge in [0.25, 0.3) is 0 Å². The van der Waals surface area contributed by atoms with E-state index in [0.717, 1.165) is 16.3 Å². The molecule has 0 amide bonds. The first-order valence-corrected chi connectivity index (χ1v) is 6.15. The summed E-state index contributed by atoms with van der Waals surface area (Å²) < 4.78 is 0. The summed E-state index contributed by atoms with van der Waals surface area (Å²) in [6.45, 7) is 2.23. The number of hydrogen-bond donors (Lipinski definition) is 3. The fourth-order valence-electron chi connectivity index (χ4n) is 1.92. The summed E-state index contributed by atoms with van der Waals surface area (Å²) in [7, 11) is 0. The predicted octanol–water partition coefficient (Wildman–Crippen LogP) is -0.118. The van der Waals surface area contributed by atoms with E-state index in [0.29, 0.717) is 0 Å². The van der Waals surface area contributed by atoms with Gasteiger partial charge in [-0.2, -0.15) is 0 Å². The molecule has 4 nitrogen and oxygen atoms in total. The number of benzene rings is 1. The molecule has 88 valence electrons. The minimum Gasteiger partial charge on any atom is -0.540 e. The second-order valence-corrected chi connectivity index (χ2v) is 5.35. The number of rotatable bonds is 4. The first-order chi connectivity index (χ1) is 7.63. The third-order valence-electron chi connectivity index (χ3n) is 3.08. The van der Waals surface area contributed by atoms with Gasteiger partial charge in [0.05, 0.1) is 11.4 Å². The van der Waals surface area contributed by atoms with Crippen molar-refractivity contribution in [3.63, 3.8) is 0 Å². The van der Waals surface area contributed by atoms with Crippen molar-refractivity contribution in [2.24, 2.45) is 5.84 Å². The van der Waals surface area contributed by atoms with E-state index in [4.69, 9.17) is 11.6 Å². The largest absolute Gasteiger partial charge is 1.00 e. The molecule has 0 radical (unpaired) electrons. The number of nitrogens with two attached hydrogens (primary N) is 2. The Bertz CT molecular complexity index is 382. The number of nitrogens with zero attached hydrogens (tertiary/aromatic N) is 1. The number of anilines is 2. The zero-order valence-corrected chi connectivity index (χ0v) is 13.2. The van der Waals surface area contributed by atoms with Gasteiger partial charge in [-0.3, -0.25) is 0 Å². The van der Waals surface area contributed by atoms with Gasteiger partial charge in [-0.05, 0) is 49.3 Å². The van der Waals surface area contributed by atoms with Crippen LogP contribution in [0.15, 0.2) is 23.1 Å². The quantitative estimate of drug-likeness (QED) is 0.232. The molecule has 0 unspecified atom stereocenters. The average molecular weight is 260 g/mol. The molecule has 0 atom stereocenters. The Kier molecular flexibility index (Phi) is 5.63. The maximum Gasteiger partial charge on any atom is 1.00 e. The van der Waals surface area contributed by atoms with Gasteiger partial charge in [-0.25, -0.2) is 11.9 Å². The maximum atomic E-state index is 5.94. The summed E-state index contributed by atoms with van der Waals surface area (Å²) in [5.41, 5.74) is 7.90. The molecule has 1 aliphatic rings. The zero-order chi connectivity index (χ0) is 11.6. The van der Waals surface area contributed by atoms with Crippen molar-refractivity contribution >= 4 is 23.3 Å². The van der Waals surface area contributed by atoms with Crippen molar-refractivity contribution < 1.29 is 29.6 Å². The van der Waals surface area contributed by atoms with Gasteiger partial charge in [-0.1, -0.05) is 0 Å². The smallest absolute Gasteiger partial charge is 0.540 e. The van der Waals surface area contributed by atoms with Gasteiger partial charge >= 0.3 is 29.6 Å². The second-order valence-electron chi connectivity index (χ2n) is 4.48. The Labute approximate surface area is 129 Å². The van der Waals surface area contributed by atoms with Crippen LogP contribution in [-0.4, -0.2) is 5.54 Å². The van der Waals surface area contributed by atoms with Crippen molar-refractivity contribution in [2.45, 2.75) is 36.6 Å². The van der Waals surface area contributed by atoms with Crippen LogP contribution in [0.1, 0.15) is 26.2 Å². The molecule has 0 bridgehead atoms. The summed E-state index contributed by atoms with van der Waals surface area (Å²) in [5, 5.41) is 3.50. The first-order valence-electron chi connectivity index (χ1n) is 5.38. The summed E-state index contributed by atoms with van der Waals surface area (Å²) in [5.74, 6) is 5.15. The summed E-state index contributed by atoms with van der Waals surface area (Å²) in [6, 6.07) is 5.81. The molecule has 0 saturated heterocycles. The predicted molar refractivity (Wildman–Crippen MR) is 70.1 cm³/mol. The van der Waals surface area contributed by atoms with E-state index in [1.54, 1.807) is 0 Å². The van der Waals surface area contributed by atoms with E-state index in [9.17, 15) is 0 Å². The summed E-state index contributed by atoms with van der Waals surface area (Å²) in [6.07, 6.45) is 3.69. The molecule has 2 rings (SSSR count). The molecule has 6 heteroatoms. The van der Waals surface area contributed by atoms with Crippen LogP contribution in [0.4, 0.5) is 11.4 Å². The molecule has 1 fully saturated rings. The van der Waals surface area contributed by atoms with Crippen LogP contribution in [0.3, 0.4) is 0 Å². The monoisotopic (exact) mass is 260 g/mol. The topological polar surface area (TPSA) is 78.2 Å². The van der Waals surface area contributed by atoms with Crippen LogP contribution >= 0.6 is 11.9 Å². The molecule has 1 aromatic rings. The van der Waals surface area contributed by atoms with Crippen molar-refractivity contribution in [3.8, 4) is 0 Å². The van der Waals surface area contributed by atoms with E-state index >= 15 is 0 Å². The molecular weight excluding hydrogens is 243 g/mol. The van der Waals surface area contributed by atoms with Gasteiger partial charge in [-0.15, -0.1) is 0 Å². The zero-order valence-electron chi connectivity index (χ0n) is 10.4. The van der Waals surface area contributed by atoms with E-state index in [-0.39, 0.29) is 35.1 Å². The molecule has 5 N–H and O–H groups in total. The molecule has 0 aliphatic heterocycles. The van der Waals surface area contributed by atoms with E-state index in [2.05, 4.69) is 17.1 Å². The van der Waals surface area contributed by atoms with Crippen LogP contribution < -0.4 is 46.5 Å². The van der Waals surface area contributed by atoms with Crippen LogP contribution in [-0.2, 0) is 0 Å². The SMILES string of the molecule is CC1(Nc2cc(S[N-]N)ccc2N)CCC1.[Na+]. The molecule has 0 heterocycles. The van der Waals surface area contributed by atoms with Crippen molar-refractivity contribution in [3.05, 3.63) is 23.0 Å². The number of nitrogens with one attached hydrogen (secondary N) is 1. The maximum absolute atomic E-state index is 5.94. The fraction of sp³-hybridized carbons (Fsp3) is 0.455. The van der Waals surface area contributed by atoms with Gasteiger partial charge in [0.1, 0.15) is 0 Å². The number of nitrogen functional groups attached to an aromatic ring is 1. The van der Waals surface area contributed by atoms with Crippen LogP contribution in [0.5, 0.6) is 0 Å². The Morgan fingerprint density at radius 1 is 1.41 bits per heavy atom. The van der Waals surface area contributed by atoms with Gasteiger partial charge in [0.15, 0.2) is 0 Å². The van der Waals surface area contributed by atoms with Gasteiger partial charge in [0.2, 0.25) is 0 Å². The van der Waals surface area contributed by atoms with E-state index in [1.165, 1.54) is 31.2 Å². The fourth-order valence-corrected chi connectivity index (χ4v) is 2.34. The minimum atomic E-state index is 0. The molecule has 1 aliphatic carbocycles. The average Bonchev–Trinajstić information content (AvgIpc) is 2.21. The molecule has 1 saturated carbocycles. The molecule has 1 aromatic carbocycles. The van der Waals surface area contributed by atoms with Gasteiger partial charge < -0.3 is 21.7 Å². The Morgan fingerprint density at radius 2 is 2.12 bits per heavy atom. The standard InChI is InChI=1S/C11H17N4S.Na/c1-11(5-2-6-11)14-10-7-8(16-15-13)3-4-9(10)12;/h3-4,7,14H,2,5-6,12-13H2,1H3;/q-1;+1. The molecular formula is C11H17N4NaS. The second kappa shape index (κ2) is 6.31. The third kappa shape index (κ3) is 3.77. The van der Waals surface area contributed by atoms with Crippen molar-refractivity contribution in [1.29, 1.82) is 0 Å². The molecule has 17 heavy (non-hydrogen) atoms. The van der Waals surface area contributed by atoms with Crippen molar-refractivity contribution in [1.82, 2.24) is 0 Å². The first kappa shape index (κ1) is 15.1. The summed E-state index contributed by atoms with van der Waals surface area (Å²) >= 11 is 1.26. The van der Waals surface area contributed by atoms with E-state index < -0.39 is 0 Å². The van der Waals surface area contributed by atoms with Crippen LogP contribution in [0, 0.1) is 0 Å². The molecule has 0 aromatic heterocycles. The molecule has 0 spiro atoms. The Morgan fingerprint density at radius 3 is 2.65 bits per heavy atom. The Balaban J connectivity index is 0.00000144. The summed E-state index contributed by atoms with van der Waals surface area (Å²) in [4.78, 5) is 4.56. The van der Waals surface area contributed by atoms with E-state index in [1.807, 2.05) is 18.2 Å².